The highest BCUT2D eigenvalue weighted by atomic mass is 16.5. The molecule has 30 heavy (non-hydrogen) atoms. The number of primary amides is 1. The van der Waals surface area contributed by atoms with Gasteiger partial charge < -0.3 is 15.4 Å². The quantitative estimate of drug-likeness (QED) is 0.647. The third kappa shape index (κ3) is 4.84. The Hall–Kier alpha value is -2.82. The first-order valence-electron chi connectivity index (χ1n) is 11.0. The predicted octanol–water partition coefficient (Wildman–Crippen LogP) is 4.62. The molecule has 0 aromatic heterocycles. The fourth-order valence-electron chi connectivity index (χ4n) is 4.49. The van der Waals surface area contributed by atoms with Crippen molar-refractivity contribution in [2.75, 3.05) is 24.6 Å². The van der Waals surface area contributed by atoms with Crippen LogP contribution in [0.5, 0.6) is 0 Å². The molecule has 1 saturated heterocycles. The van der Waals surface area contributed by atoms with E-state index in [-0.39, 0.29) is 17.8 Å². The standard InChI is InChI=1S/C25H32N2O3/c1-3-20(21-10-6-7-11-22(21)27-16-8-5-9-17-27)23(24(26)28)18-12-14-19(15-13-18)25(29)30-4-2/h6-7,10-15,20,23H,3-5,8-9,16-17H2,1-2H3,(H2,26,28). The average molecular weight is 409 g/mol. The van der Waals surface area contributed by atoms with Crippen LogP contribution in [0.2, 0.25) is 0 Å². The van der Waals surface area contributed by atoms with Crippen molar-refractivity contribution >= 4 is 17.6 Å². The van der Waals surface area contributed by atoms with E-state index in [9.17, 15) is 9.59 Å². The van der Waals surface area contributed by atoms with E-state index >= 15 is 0 Å². The van der Waals surface area contributed by atoms with Gasteiger partial charge in [0.25, 0.3) is 0 Å². The van der Waals surface area contributed by atoms with Gasteiger partial charge in [0, 0.05) is 24.7 Å². The molecule has 5 nitrogen and oxygen atoms in total. The van der Waals surface area contributed by atoms with Gasteiger partial charge in [-0.15, -0.1) is 0 Å². The van der Waals surface area contributed by atoms with Crippen LogP contribution in [0.4, 0.5) is 5.69 Å². The van der Waals surface area contributed by atoms with Crippen LogP contribution in [-0.4, -0.2) is 31.6 Å². The summed E-state index contributed by atoms with van der Waals surface area (Å²) in [5.41, 5.74) is 9.59. The van der Waals surface area contributed by atoms with E-state index in [4.69, 9.17) is 10.5 Å². The number of carbonyl (C=O) groups excluding carboxylic acids is 2. The molecular weight excluding hydrogens is 376 g/mol. The highest BCUT2D eigenvalue weighted by molar-refractivity contribution is 5.90. The molecule has 3 rings (SSSR count). The molecule has 2 atom stereocenters. The van der Waals surface area contributed by atoms with Gasteiger partial charge in [0.05, 0.1) is 18.1 Å². The monoisotopic (exact) mass is 408 g/mol. The van der Waals surface area contributed by atoms with Gasteiger partial charge in [-0.25, -0.2) is 4.79 Å². The molecule has 1 fully saturated rings. The summed E-state index contributed by atoms with van der Waals surface area (Å²) in [6.45, 7) is 6.29. The number of hydrogen-bond donors (Lipinski definition) is 1. The normalized spacial score (nSPS) is 16.0. The zero-order valence-corrected chi connectivity index (χ0v) is 18.0. The molecule has 5 heteroatoms. The summed E-state index contributed by atoms with van der Waals surface area (Å²) in [4.78, 5) is 27.0. The maximum absolute atomic E-state index is 12.6. The van der Waals surface area contributed by atoms with Gasteiger partial charge in [-0.1, -0.05) is 37.3 Å². The Morgan fingerprint density at radius 1 is 1.00 bits per heavy atom. The van der Waals surface area contributed by atoms with Crippen LogP contribution in [0.3, 0.4) is 0 Å². The second kappa shape index (κ2) is 10.3. The lowest BCUT2D eigenvalue weighted by Crippen LogP contribution is -2.32. The molecule has 1 aliphatic heterocycles. The summed E-state index contributed by atoms with van der Waals surface area (Å²) in [7, 11) is 0. The fourth-order valence-corrected chi connectivity index (χ4v) is 4.49. The Morgan fingerprint density at radius 2 is 1.67 bits per heavy atom. The molecule has 1 amide bonds. The van der Waals surface area contributed by atoms with Gasteiger partial charge in [-0.3, -0.25) is 4.79 Å². The van der Waals surface area contributed by atoms with E-state index < -0.39 is 5.92 Å². The van der Waals surface area contributed by atoms with E-state index in [1.807, 2.05) is 18.2 Å². The van der Waals surface area contributed by atoms with Crippen LogP contribution in [0.1, 0.15) is 72.9 Å². The Bertz CT molecular complexity index is 857. The second-order valence-corrected chi connectivity index (χ2v) is 7.84. The number of nitrogens with zero attached hydrogens (tertiary/aromatic N) is 1. The van der Waals surface area contributed by atoms with Crippen molar-refractivity contribution in [2.24, 2.45) is 5.73 Å². The topological polar surface area (TPSA) is 72.6 Å². The zero-order chi connectivity index (χ0) is 21.5. The molecule has 0 bridgehead atoms. The van der Waals surface area contributed by atoms with Gasteiger partial charge in [-0.05, 0) is 61.9 Å². The van der Waals surface area contributed by atoms with Gasteiger partial charge in [0.1, 0.15) is 0 Å². The number of ether oxygens (including phenoxy) is 1. The van der Waals surface area contributed by atoms with E-state index in [0.717, 1.165) is 25.1 Å². The van der Waals surface area contributed by atoms with E-state index in [0.29, 0.717) is 12.2 Å². The molecule has 0 aliphatic carbocycles. The number of para-hydroxylation sites is 1. The summed E-state index contributed by atoms with van der Waals surface area (Å²) in [5, 5.41) is 0. The van der Waals surface area contributed by atoms with Crippen LogP contribution >= 0.6 is 0 Å². The lowest BCUT2D eigenvalue weighted by molar-refractivity contribution is -0.120. The first-order chi connectivity index (χ1) is 14.6. The minimum Gasteiger partial charge on any atom is -0.462 e. The average Bonchev–Trinajstić information content (AvgIpc) is 2.78. The number of carbonyl (C=O) groups is 2. The van der Waals surface area contributed by atoms with Gasteiger partial charge >= 0.3 is 5.97 Å². The van der Waals surface area contributed by atoms with E-state index in [1.165, 1.54) is 30.5 Å². The largest absolute Gasteiger partial charge is 0.462 e. The molecule has 2 aromatic carbocycles. The van der Waals surface area contributed by atoms with Crippen molar-refractivity contribution in [1.82, 2.24) is 0 Å². The summed E-state index contributed by atoms with van der Waals surface area (Å²) in [5.74, 6) is -1.20. The molecule has 0 saturated carbocycles. The number of piperidine rings is 1. The Labute approximate surface area is 179 Å². The van der Waals surface area contributed by atoms with Crippen molar-refractivity contribution in [2.45, 2.75) is 51.4 Å². The number of esters is 1. The predicted molar refractivity (Wildman–Crippen MR) is 120 cm³/mol. The molecule has 160 valence electrons. The number of nitrogens with two attached hydrogens (primary N) is 1. The first-order valence-corrected chi connectivity index (χ1v) is 11.0. The minimum absolute atomic E-state index is 0.0333. The Balaban J connectivity index is 1.95. The number of amides is 1. The molecule has 1 aliphatic rings. The second-order valence-electron chi connectivity index (χ2n) is 7.84. The van der Waals surface area contributed by atoms with Crippen molar-refractivity contribution < 1.29 is 14.3 Å². The number of rotatable bonds is 8. The van der Waals surface area contributed by atoms with Crippen molar-refractivity contribution in [3.63, 3.8) is 0 Å². The number of benzene rings is 2. The zero-order valence-electron chi connectivity index (χ0n) is 18.0. The van der Waals surface area contributed by atoms with Crippen LogP contribution in [0, 0.1) is 0 Å². The molecule has 2 N–H and O–H groups in total. The molecule has 1 heterocycles. The number of hydrogen-bond acceptors (Lipinski definition) is 4. The summed E-state index contributed by atoms with van der Waals surface area (Å²) >= 11 is 0. The first kappa shape index (κ1) is 21.9. The summed E-state index contributed by atoms with van der Waals surface area (Å²) in [6, 6.07) is 15.5. The molecular formula is C25H32N2O3. The third-order valence-electron chi connectivity index (χ3n) is 5.96. The minimum atomic E-state index is -0.461. The SMILES string of the molecule is CCOC(=O)c1ccc(C(C(N)=O)C(CC)c2ccccc2N2CCCCC2)cc1. The van der Waals surface area contributed by atoms with Gasteiger partial charge in [0.15, 0.2) is 0 Å². The van der Waals surface area contributed by atoms with Crippen LogP contribution in [0.25, 0.3) is 0 Å². The maximum Gasteiger partial charge on any atom is 0.338 e. The van der Waals surface area contributed by atoms with Crippen LogP contribution < -0.4 is 10.6 Å². The summed E-state index contributed by atoms with van der Waals surface area (Å²) in [6.07, 6.45) is 4.45. The van der Waals surface area contributed by atoms with E-state index in [1.54, 1.807) is 19.1 Å². The fraction of sp³-hybridized carbons (Fsp3) is 0.440. The maximum atomic E-state index is 12.6. The van der Waals surface area contributed by atoms with Crippen LogP contribution in [-0.2, 0) is 9.53 Å². The molecule has 0 radical (unpaired) electrons. The van der Waals surface area contributed by atoms with Gasteiger partial charge in [-0.2, -0.15) is 0 Å². The molecule has 2 unspecified atom stereocenters. The highest BCUT2D eigenvalue weighted by Crippen LogP contribution is 2.40. The summed E-state index contributed by atoms with van der Waals surface area (Å²) < 4.78 is 5.06. The Kier molecular flexibility index (Phi) is 7.50. The van der Waals surface area contributed by atoms with E-state index in [2.05, 4.69) is 30.0 Å². The molecule has 2 aromatic rings. The van der Waals surface area contributed by atoms with Crippen LogP contribution in [0.15, 0.2) is 48.5 Å². The highest BCUT2D eigenvalue weighted by Gasteiger charge is 2.31. The lowest BCUT2D eigenvalue weighted by atomic mass is 9.78. The van der Waals surface area contributed by atoms with Gasteiger partial charge in [0.2, 0.25) is 5.91 Å². The lowest BCUT2D eigenvalue weighted by Gasteiger charge is -2.34. The molecule has 0 spiro atoms. The smallest absolute Gasteiger partial charge is 0.338 e. The Morgan fingerprint density at radius 3 is 2.27 bits per heavy atom. The number of anilines is 1. The van der Waals surface area contributed by atoms with Crippen molar-refractivity contribution in [3.05, 3.63) is 65.2 Å². The van der Waals surface area contributed by atoms with Crippen molar-refractivity contribution in [1.29, 1.82) is 0 Å². The van der Waals surface area contributed by atoms with Crippen molar-refractivity contribution in [3.8, 4) is 0 Å². The third-order valence-corrected chi connectivity index (χ3v) is 5.96.